The third kappa shape index (κ3) is 6.57. The third-order valence-electron chi connectivity index (χ3n) is 4.55. The smallest absolute Gasteiger partial charge is 0.337 e. The lowest BCUT2D eigenvalue weighted by Crippen LogP contribution is -2.18. The number of nitrogens with zero attached hydrogens (tertiary/aromatic N) is 1. The minimum atomic E-state index is -0.451. The number of halogens is 1. The number of esters is 1. The van der Waals surface area contributed by atoms with Crippen molar-refractivity contribution in [3.63, 3.8) is 0 Å². The Bertz CT molecular complexity index is 1200. The molecule has 3 rings (SSSR count). The molecule has 2 aromatic carbocycles. The summed E-state index contributed by atoms with van der Waals surface area (Å²) in [6.07, 6.45) is 0. The second-order valence-corrected chi connectivity index (χ2v) is 8.53. The fraction of sp³-hybridized carbons (Fsp3) is 0.167. The van der Waals surface area contributed by atoms with Gasteiger partial charge in [-0.3, -0.25) is 9.59 Å². The molecule has 2 amide bonds. The van der Waals surface area contributed by atoms with E-state index in [1.54, 1.807) is 48.5 Å². The molecule has 0 radical (unpaired) electrons. The van der Waals surface area contributed by atoms with Crippen LogP contribution in [0.2, 0.25) is 5.02 Å². The number of carbonyl (C=O) groups excluding carboxylic acids is 3. The summed E-state index contributed by atoms with van der Waals surface area (Å²) in [5.74, 6) is -1.00. The largest absolute Gasteiger partial charge is 0.465 e. The zero-order chi connectivity index (χ0) is 24.0. The van der Waals surface area contributed by atoms with E-state index in [0.29, 0.717) is 32.6 Å². The van der Waals surface area contributed by atoms with Crippen molar-refractivity contribution >= 4 is 52.5 Å². The van der Waals surface area contributed by atoms with E-state index in [4.69, 9.17) is 11.6 Å². The minimum Gasteiger partial charge on any atom is -0.465 e. The van der Waals surface area contributed by atoms with Crippen molar-refractivity contribution < 1.29 is 19.1 Å². The standard InChI is InChI=1S/C24H22ClN3O4S/c1-14-11-15(2)26-23(21(14)22(30)28-19-6-4-5-17(25)12-19)33-13-20(29)27-18-9-7-16(8-10-18)24(31)32-3/h4-12H,13H2,1-3H3,(H,27,29)(H,28,30). The monoisotopic (exact) mass is 483 g/mol. The number of aromatic nitrogens is 1. The van der Waals surface area contributed by atoms with Gasteiger partial charge in [-0.15, -0.1) is 0 Å². The van der Waals surface area contributed by atoms with Crippen molar-refractivity contribution in [3.05, 3.63) is 82.0 Å². The van der Waals surface area contributed by atoms with Crippen LogP contribution in [0.1, 0.15) is 32.0 Å². The number of rotatable bonds is 7. The topological polar surface area (TPSA) is 97.4 Å². The van der Waals surface area contributed by atoms with Gasteiger partial charge in [-0.2, -0.15) is 0 Å². The van der Waals surface area contributed by atoms with E-state index in [0.717, 1.165) is 11.3 Å². The van der Waals surface area contributed by atoms with E-state index in [1.165, 1.54) is 18.9 Å². The van der Waals surface area contributed by atoms with Gasteiger partial charge in [0.05, 0.1) is 24.0 Å². The number of methoxy groups -OCH3 is 1. The van der Waals surface area contributed by atoms with E-state index in [9.17, 15) is 14.4 Å². The molecule has 3 aromatic rings. The van der Waals surface area contributed by atoms with Crippen molar-refractivity contribution in [2.24, 2.45) is 0 Å². The second-order valence-electron chi connectivity index (χ2n) is 7.13. The van der Waals surface area contributed by atoms with Gasteiger partial charge < -0.3 is 15.4 Å². The van der Waals surface area contributed by atoms with Crippen LogP contribution in [0.5, 0.6) is 0 Å². The van der Waals surface area contributed by atoms with Crippen LogP contribution in [0.4, 0.5) is 11.4 Å². The molecule has 2 N–H and O–H groups in total. The lowest BCUT2D eigenvalue weighted by molar-refractivity contribution is -0.113. The Morgan fingerprint density at radius 3 is 2.39 bits per heavy atom. The summed E-state index contributed by atoms with van der Waals surface area (Å²) in [5.41, 5.74) is 3.40. The zero-order valence-corrected chi connectivity index (χ0v) is 19.8. The Hall–Kier alpha value is -3.36. The number of benzene rings is 2. The minimum absolute atomic E-state index is 0.0477. The first-order valence-electron chi connectivity index (χ1n) is 9.93. The van der Waals surface area contributed by atoms with Crippen LogP contribution >= 0.6 is 23.4 Å². The molecule has 0 bridgehead atoms. The highest BCUT2D eigenvalue weighted by Gasteiger charge is 2.19. The maximum atomic E-state index is 13.0. The van der Waals surface area contributed by atoms with E-state index in [1.807, 2.05) is 19.9 Å². The van der Waals surface area contributed by atoms with Gasteiger partial charge in [0.1, 0.15) is 5.03 Å². The molecule has 0 aliphatic rings. The molecule has 1 heterocycles. The Labute approximate surface area is 200 Å². The Morgan fingerprint density at radius 2 is 1.73 bits per heavy atom. The van der Waals surface area contributed by atoms with Crippen LogP contribution in [0, 0.1) is 13.8 Å². The number of thioether (sulfide) groups is 1. The Balaban J connectivity index is 1.70. The summed E-state index contributed by atoms with van der Waals surface area (Å²) in [6.45, 7) is 3.66. The molecule has 170 valence electrons. The average molecular weight is 484 g/mol. The number of ether oxygens (including phenoxy) is 1. The molecule has 0 atom stereocenters. The summed E-state index contributed by atoms with van der Waals surface area (Å²) < 4.78 is 4.66. The van der Waals surface area contributed by atoms with E-state index < -0.39 is 5.97 Å². The molecule has 0 aliphatic heterocycles. The summed E-state index contributed by atoms with van der Waals surface area (Å²) in [5, 5.41) is 6.57. The number of carbonyl (C=O) groups is 3. The van der Waals surface area contributed by atoms with Gasteiger partial charge >= 0.3 is 5.97 Å². The van der Waals surface area contributed by atoms with Crippen LogP contribution < -0.4 is 10.6 Å². The highest BCUT2D eigenvalue weighted by atomic mass is 35.5. The highest BCUT2D eigenvalue weighted by Crippen LogP contribution is 2.26. The first-order valence-corrected chi connectivity index (χ1v) is 11.3. The third-order valence-corrected chi connectivity index (χ3v) is 5.76. The number of hydrogen-bond donors (Lipinski definition) is 2. The number of aryl methyl sites for hydroxylation is 2. The summed E-state index contributed by atoms with van der Waals surface area (Å²) in [6, 6.07) is 15.1. The summed E-state index contributed by atoms with van der Waals surface area (Å²) in [4.78, 5) is 41.5. The summed E-state index contributed by atoms with van der Waals surface area (Å²) in [7, 11) is 1.31. The van der Waals surface area contributed by atoms with Gasteiger partial charge in [-0.05, 0) is 67.9 Å². The first kappa shape index (κ1) is 24.3. The molecule has 33 heavy (non-hydrogen) atoms. The van der Waals surface area contributed by atoms with Crippen LogP contribution in [0.3, 0.4) is 0 Å². The zero-order valence-electron chi connectivity index (χ0n) is 18.3. The Morgan fingerprint density at radius 1 is 1.00 bits per heavy atom. The van der Waals surface area contributed by atoms with Gasteiger partial charge in [-0.1, -0.05) is 29.4 Å². The molecule has 1 aromatic heterocycles. The van der Waals surface area contributed by atoms with Gasteiger partial charge in [0.15, 0.2) is 0 Å². The molecule has 0 saturated carbocycles. The van der Waals surface area contributed by atoms with E-state index >= 15 is 0 Å². The van der Waals surface area contributed by atoms with Gasteiger partial charge in [0, 0.05) is 22.1 Å². The van der Waals surface area contributed by atoms with Gasteiger partial charge in [0.2, 0.25) is 5.91 Å². The number of anilines is 2. The average Bonchev–Trinajstić information content (AvgIpc) is 2.77. The van der Waals surface area contributed by atoms with Crippen molar-refractivity contribution in [2.45, 2.75) is 18.9 Å². The second kappa shape index (κ2) is 11.0. The van der Waals surface area contributed by atoms with Crippen LogP contribution in [0.15, 0.2) is 59.6 Å². The SMILES string of the molecule is COC(=O)c1ccc(NC(=O)CSc2nc(C)cc(C)c2C(=O)Nc2cccc(Cl)c2)cc1. The molecule has 0 spiro atoms. The summed E-state index contributed by atoms with van der Waals surface area (Å²) >= 11 is 7.18. The first-order chi connectivity index (χ1) is 15.8. The molecule has 0 saturated heterocycles. The van der Waals surface area contributed by atoms with E-state index in [2.05, 4.69) is 20.4 Å². The fourth-order valence-electron chi connectivity index (χ4n) is 3.08. The number of amides is 2. The van der Waals surface area contributed by atoms with Crippen LogP contribution in [-0.4, -0.2) is 35.6 Å². The van der Waals surface area contributed by atoms with Gasteiger partial charge in [0.25, 0.3) is 5.91 Å². The predicted molar refractivity (Wildman–Crippen MR) is 130 cm³/mol. The maximum Gasteiger partial charge on any atom is 0.337 e. The normalized spacial score (nSPS) is 10.4. The molecular formula is C24H22ClN3O4S. The molecule has 0 unspecified atom stereocenters. The predicted octanol–water partition coefficient (Wildman–Crippen LogP) is 5.12. The quantitative estimate of drug-likeness (QED) is 0.357. The van der Waals surface area contributed by atoms with Crippen molar-refractivity contribution in [3.8, 4) is 0 Å². The molecule has 7 nitrogen and oxygen atoms in total. The van der Waals surface area contributed by atoms with Crippen LogP contribution in [-0.2, 0) is 9.53 Å². The highest BCUT2D eigenvalue weighted by molar-refractivity contribution is 8.00. The maximum absolute atomic E-state index is 13.0. The van der Waals surface area contributed by atoms with Gasteiger partial charge in [-0.25, -0.2) is 9.78 Å². The van der Waals surface area contributed by atoms with Crippen molar-refractivity contribution in [2.75, 3.05) is 23.5 Å². The number of hydrogen-bond acceptors (Lipinski definition) is 6. The Kier molecular flexibility index (Phi) is 8.08. The molecular weight excluding hydrogens is 462 g/mol. The molecule has 0 fully saturated rings. The molecule has 0 aliphatic carbocycles. The fourth-order valence-corrected chi connectivity index (χ4v) is 4.22. The molecule has 9 heteroatoms. The lowest BCUT2D eigenvalue weighted by atomic mass is 10.1. The lowest BCUT2D eigenvalue weighted by Gasteiger charge is -2.13. The van der Waals surface area contributed by atoms with E-state index in [-0.39, 0.29) is 17.6 Å². The number of pyridine rings is 1. The van der Waals surface area contributed by atoms with Crippen LogP contribution in [0.25, 0.3) is 0 Å². The van der Waals surface area contributed by atoms with Crippen molar-refractivity contribution in [1.82, 2.24) is 4.98 Å². The van der Waals surface area contributed by atoms with Crippen molar-refractivity contribution in [1.29, 1.82) is 0 Å². The number of nitrogens with one attached hydrogen (secondary N) is 2.